The molecule has 0 aliphatic carbocycles. The van der Waals surface area contributed by atoms with Crippen molar-refractivity contribution in [2.75, 3.05) is 39.9 Å². The maximum absolute atomic E-state index is 12.4. The van der Waals surface area contributed by atoms with Crippen LogP contribution >= 0.6 is 0 Å². The van der Waals surface area contributed by atoms with Crippen LogP contribution < -0.4 is 0 Å². The highest BCUT2D eigenvalue weighted by atomic mass is 16.5. The molecule has 1 N–H and O–H groups in total. The number of hydrogen-bond donors (Lipinski definition) is 1. The number of likely N-dealkylation sites (N-methyl/N-ethyl adjacent to an activating group) is 1. The number of nitrogens with zero attached hydrogens (tertiary/aromatic N) is 2. The standard InChI is InChI=1S/C14H24N2O4/c1-3-16-9-11(8-12(16)17)13(18)15(2)10-14(19)4-6-20-7-5-14/h11,19H,3-10H2,1-2H3. The molecule has 0 bridgehead atoms. The quantitative estimate of drug-likeness (QED) is 0.780. The maximum Gasteiger partial charge on any atom is 0.227 e. The minimum absolute atomic E-state index is 0.0454. The van der Waals surface area contributed by atoms with E-state index in [1.54, 1.807) is 16.8 Å². The summed E-state index contributed by atoms with van der Waals surface area (Å²) in [7, 11) is 1.70. The van der Waals surface area contributed by atoms with Gasteiger partial charge in [-0.15, -0.1) is 0 Å². The van der Waals surface area contributed by atoms with Gasteiger partial charge < -0.3 is 19.6 Å². The molecule has 114 valence electrons. The molecule has 6 heteroatoms. The molecule has 20 heavy (non-hydrogen) atoms. The SMILES string of the molecule is CCN1CC(C(=O)N(C)CC2(O)CCOCC2)CC1=O. The van der Waals surface area contributed by atoms with Gasteiger partial charge in [0, 0.05) is 59.2 Å². The van der Waals surface area contributed by atoms with E-state index in [0.717, 1.165) is 0 Å². The van der Waals surface area contributed by atoms with Crippen LogP contribution in [-0.4, -0.2) is 72.2 Å². The molecule has 0 aromatic heterocycles. The minimum atomic E-state index is -0.851. The van der Waals surface area contributed by atoms with Gasteiger partial charge >= 0.3 is 0 Å². The zero-order valence-electron chi connectivity index (χ0n) is 12.3. The summed E-state index contributed by atoms with van der Waals surface area (Å²) in [4.78, 5) is 27.3. The van der Waals surface area contributed by atoms with E-state index in [0.29, 0.717) is 52.1 Å². The van der Waals surface area contributed by atoms with Gasteiger partial charge in [-0.25, -0.2) is 0 Å². The molecule has 0 spiro atoms. The Balaban J connectivity index is 1.90. The normalized spacial score (nSPS) is 25.9. The number of amides is 2. The first kappa shape index (κ1) is 15.3. The third kappa shape index (κ3) is 3.30. The van der Waals surface area contributed by atoms with E-state index in [9.17, 15) is 14.7 Å². The van der Waals surface area contributed by atoms with Crippen molar-refractivity contribution in [2.45, 2.75) is 31.8 Å². The van der Waals surface area contributed by atoms with Gasteiger partial charge in [-0.2, -0.15) is 0 Å². The number of hydrogen-bond acceptors (Lipinski definition) is 4. The van der Waals surface area contributed by atoms with Crippen molar-refractivity contribution in [1.82, 2.24) is 9.80 Å². The first-order valence-electron chi connectivity index (χ1n) is 7.28. The van der Waals surface area contributed by atoms with Crippen LogP contribution in [-0.2, 0) is 14.3 Å². The lowest BCUT2D eigenvalue weighted by molar-refractivity contribution is -0.140. The third-order valence-corrected chi connectivity index (χ3v) is 4.28. The van der Waals surface area contributed by atoms with Crippen LogP contribution in [0.2, 0.25) is 0 Å². The fourth-order valence-corrected chi connectivity index (χ4v) is 2.98. The average molecular weight is 284 g/mol. The van der Waals surface area contributed by atoms with E-state index < -0.39 is 5.60 Å². The molecule has 1 unspecified atom stereocenters. The van der Waals surface area contributed by atoms with Crippen LogP contribution in [0.3, 0.4) is 0 Å². The Bertz CT molecular complexity index is 379. The summed E-state index contributed by atoms with van der Waals surface area (Å²) in [6.45, 7) is 4.44. The predicted octanol–water partition coefficient (Wildman–Crippen LogP) is -0.145. The van der Waals surface area contributed by atoms with Crippen LogP contribution in [0.1, 0.15) is 26.2 Å². The van der Waals surface area contributed by atoms with Gasteiger partial charge in [0.15, 0.2) is 0 Å². The third-order valence-electron chi connectivity index (χ3n) is 4.28. The van der Waals surface area contributed by atoms with Crippen molar-refractivity contribution in [1.29, 1.82) is 0 Å². The average Bonchev–Trinajstić information content (AvgIpc) is 2.79. The van der Waals surface area contributed by atoms with Crippen LogP contribution in [0, 0.1) is 5.92 Å². The van der Waals surface area contributed by atoms with E-state index in [1.807, 2.05) is 6.92 Å². The molecule has 0 radical (unpaired) electrons. The summed E-state index contributed by atoms with van der Waals surface area (Å²) < 4.78 is 5.23. The van der Waals surface area contributed by atoms with Crippen molar-refractivity contribution >= 4 is 11.8 Å². The van der Waals surface area contributed by atoms with Crippen molar-refractivity contribution in [3.63, 3.8) is 0 Å². The Morgan fingerprint density at radius 2 is 2.15 bits per heavy atom. The number of ether oxygens (including phenoxy) is 1. The van der Waals surface area contributed by atoms with Gasteiger partial charge in [0.25, 0.3) is 0 Å². The van der Waals surface area contributed by atoms with E-state index in [2.05, 4.69) is 0 Å². The van der Waals surface area contributed by atoms with Crippen LogP contribution in [0.25, 0.3) is 0 Å². The van der Waals surface area contributed by atoms with Gasteiger partial charge in [0.1, 0.15) is 0 Å². The first-order valence-corrected chi connectivity index (χ1v) is 7.28. The number of aliphatic hydroxyl groups is 1. The van der Waals surface area contributed by atoms with E-state index >= 15 is 0 Å². The summed E-state index contributed by atoms with van der Waals surface area (Å²) in [6, 6.07) is 0. The molecule has 2 amide bonds. The Kier molecular flexibility index (Phi) is 4.65. The fourth-order valence-electron chi connectivity index (χ4n) is 2.98. The van der Waals surface area contributed by atoms with Gasteiger partial charge in [-0.3, -0.25) is 9.59 Å². The Morgan fingerprint density at radius 1 is 1.50 bits per heavy atom. The predicted molar refractivity (Wildman–Crippen MR) is 73.0 cm³/mol. The molecule has 2 saturated heterocycles. The lowest BCUT2D eigenvalue weighted by Gasteiger charge is -2.36. The molecule has 6 nitrogen and oxygen atoms in total. The second-order valence-corrected chi connectivity index (χ2v) is 5.86. The molecule has 2 aliphatic heterocycles. The summed E-state index contributed by atoms with van der Waals surface area (Å²) in [5.41, 5.74) is -0.851. The number of carbonyl (C=O) groups excluding carboxylic acids is 2. The highest BCUT2D eigenvalue weighted by molar-refractivity contribution is 5.89. The second kappa shape index (κ2) is 6.10. The van der Waals surface area contributed by atoms with Crippen molar-refractivity contribution in [3.8, 4) is 0 Å². The number of rotatable bonds is 4. The molecule has 2 fully saturated rings. The topological polar surface area (TPSA) is 70.1 Å². The fraction of sp³-hybridized carbons (Fsp3) is 0.857. The molecule has 0 saturated carbocycles. The van der Waals surface area contributed by atoms with E-state index in [1.165, 1.54) is 0 Å². The number of likely N-dealkylation sites (tertiary alicyclic amines) is 1. The molecule has 2 aliphatic rings. The zero-order valence-corrected chi connectivity index (χ0v) is 12.3. The second-order valence-electron chi connectivity index (χ2n) is 5.86. The van der Waals surface area contributed by atoms with Crippen molar-refractivity contribution < 1.29 is 19.4 Å². The highest BCUT2D eigenvalue weighted by Crippen LogP contribution is 2.24. The van der Waals surface area contributed by atoms with Crippen LogP contribution in [0.4, 0.5) is 0 Å². The zero-order chi connectivity index (χ0) is 14.8. The summed E-state index contributed by atoms with van der Waals surface area (Å²) in [5.74, 6) is -0.269. The van der Waals surface area contributed by atoms with Gasteiger partial charge in [0.05, 0.1) is 11.5 Å². The summed E-state index contributed by atoms with van der Waals surface area (Å²) in [5, 5.41) is 10.4. The van der Waals surface area contributed by atoms with E-state index in [-0.39, 0.29) is 17.7 Å². The smallest absolute Gasteiger partial charge is 0.227 e. The maximum atomic E-state index is 12.4. The molecular formula is C14H24N2O4. The molecular weight excluding hydrogens is 260 g/mol. The van der Waals surface area contributed by atoms with Gasteiger partial charge in [-0.05, 0) is 6.92 Å². The van der Waals surface area contributed by atoms with Gasteiger partial charge in [-0.1, -0.05) is 0 Å². The monoisotopic (exact) mass is 284 g/mol. The summed E-state index contributed by atoms with van der Waals surface area (Å²) in [6.07, 6.45) is 1.39. The van der Waals surface area contributed by atoms with Gasteiger partial charge in [0.2, 0.25) is 11.8 Å². The Hall–Kier alpha value is -1.14. The largest absolute Gasteiger partial charge is 0.388 e. The van der Waals surface area contributed by atoms with Crippen molar-refractivity contribution in [2.24, 2.45) is 5.92 Å². The van der Waals surface area contributed by atoms with Crippen LogP contribution in [0.15, 0.2) is 0 Å². The molecule has 1 atom stereocenters. The van der Waals surface area contributed by atoms with Crippen molar-refractivity contribution in [3.05, 3.63) is 0 Å². The Labute approximate surface area is 119 Å². The molecule has 0 aromatic rings. The highest BCUT2D eigenvalue weighted by Gasteiger charge is 2.38. The lowest BCUT2D eigenvalue weighted by Crippen LogP contribution is -2.48. The Morgan fingerprint density at radius 3 is 2.70 bits per heavy atom. The van der Waals surface area contributed by atoms with E-state index in [4.69, 9.17) is 4.74 Å². The molecule has 2 rings (SSSR count). The summed E-state index contributed by atoms with van der Waals surface area (Å²) >= 11 is 0. The molecule has 0 aromatic carbocycles. The number of carbonyl (C=O) groups is 2. The lowest BCUT2D eigenvalue weighted by atomic mass is 9.93. The molecule has 2 heterocycles. The van der Waals surface area contributed by atoms with Crippen LogP contribution in [0.5, 0.6) is 0 Å². The minimum Gasteiger partial charge on any atom is -0.388 e. The first-order chi connectivity index (χ1) is 9.45.